The van der Waals surface area contributed by atoms with Gasteiger partial charge in [0.2, 0.25) is 12.3 Å². The monoisotopic (exact) mass is 363 g/mol. The Hall–Kier alpha value is -0.700. The molecule has 0 N–H and O–H groups in total. The van der Waals surface area contributed by atoms with Crippen molar-refractivity contribution in [2.24, 2.45) is 29.6 Å². The van der Waals surface area contributed by atoms with Crippen molar-refractivity contribution < 1.29 is 26.3 Å². The lowest BCUT2D eigenvalue weighted by Gasteiger charge is -2.53. The number of hydrogen-bond acceptors (Lipinski definition) is 1. The maximum absolute atomic E-state index is 12.9. The minimum atomic E-state index is 0. The van der Waals surface area contributed by atoms with E-state index in [1.54, 1.807) is 0 Å². The SMILES string of the molecule is Cc1cc[n+](CC(=O)C2C3CC4CC(C3)CC2C4)cc1C.[Br-]. The highest BCUT2D eigenvalue weighted by Gasteiger charge is 2.51. The summed E-state index contributed by atoms with van der Waals surface area (Å²) in [6, 6.07) is 2.12. The van der Waals surface area contributed by atoms with Crippen LogP contribution >= 0.6 is 0 Å². The summed E-state index contributed by atoms with van der Waals surface area (Å²) >= 11 is 0. The molecule has 0 aromatic carbocycles. The number of halogens is 1. The van der Waals surface area contributed by atoms with Crippen LogP contribution in [0.4, 0.5) is 0 Å². The summed E-state index contributed by atoms with van der Waals surface area (Å²) in [6.07, 6.45) is 11.0. The number of nitrogens with zero attached hydrogens (tertiary/aromatic N) is 1. The van der Waals surface area contributed by atoms with Crippen molar-refractivity contribution in [3.05, 3.63) is 29.6 Å². The van der Waals surface area contributed by atoms with Crippen LogP contribution in [-0.4, -0.2) is 5.78 Å². The third-order valence-corrected chi connectivity index (χ3v) is 6.43. The molecule has 5 rings (SSSR count). The molecule has 4 aliphatic carbocycles. The van der Waals surface area contributed by atoms with E-state index in [0.717, 1.165) is 11.8 Å². The van der Waals surface area contributed by atoms with Crippen molar-refractivity contribution in [2.45, 2.75) is 52.5 Å². The highest BCUT2D eigenvalue weighted by atomic mass is 79.9. The highest BCUT2D eigenvalue weighted by Crippen LogP contribution is 2.56. The third-order valence-electron chi connectivity index (χ3n) is 6.43. The molecule has 0 aliphatic heterocycles. The molecule has 1 aromatic heterocycles. The molecular formula is C19H26BrNO. The number of aryl methyl sites for hydroxylation is 2. The summed E-state index contributed by atoms with van der Waals surface area (Å²) in [5, 5.41) is 0. The van der Waals surface area contributed by atoms with Crippen LogP contribution in [0.3, 0.4) is 0 Å². The molecule has 0 amide bonds. The molecule has 0 atom stereocenters. The zero-order valence-corrected chi connectivity index (χ0v) is 15.2. The Morgan fingerprint density at radius 3 is 2.18 bits per heavy atom. The van der Waals surface area contributed by atoms with E-state index in [2.05, 4.69) is 36.9 Å². The van der Waals surface area contributed by atoms with Crippen molar-refractivity contribution in [3.63, 3.8) is 0 Å². The van der Waals surface area contributed by atoms with Gasteiger partial charge in [-0.05, 0) is 75.2 Å². The van der Waals surface area contributed by atoms with Gasteiger partial charge in [-0.15, -0.1) is 0 Å². The minimum Gasteiger partial charge on any atom is -1.00 e. The van der Waals surface area contributed by atoms with E-state index in [1.807, 2.05) is 0 Å². The van der Waals surface area contributed by atoms with Gasteiger partial charge in [-0.3, -0.25) is 4.79 Å². The van der Waals surface area contributed by atoms with Gasteiger partial charge in [0.05, 0.1) is 0 Å². The third kappa shape index (κ3) is 2.77. The molecule has 3 heteroatoms. The molecule has 1 aromatic rings. The maximum atomic E-state index is 12.9. The number of pyridine rings is 1. The standard InChI is InChI=1S/C19H26NO.BrH/c1-12-3-4-20(10-13(12)2)11-18(21)19-16-6-14-5-15(8-16)9-17(19)7-14;/h3-4,10,14-17,19H,5-9,11H2,1-2H3;1H/q+1;/p-1. The van der Waals surface area contributed by atoms with Crippen LogP contribution < -0.4 is 21.5 Å². The highest BCUT2D eigenvalue weighted by molar-refractivity contribution is 5.80. The number of Topliss-reactive ketones (excluding diaryl/α,β-unsaturated/α-hetero) is 1. The fraction of sp³-hybridized carbons (Fsp3) is 0.684. The number of rotatable bonds is 3. The van der Waals surface area contributed by atoms with E-state index in [4.69, 9.17) is 0 Å². The van der Waals surface area contributed by atoms with Gasteiger partial charge in [-0.1, -0.05) is 0 Å². The number of ketones is 1. The second kappa shape index (κ2) is 6.07. The van der Waals surface area contributed by atoms with Crippen molar-refractivity contribution >= 4 is 5.78 Å². The average molecular weight is 364 g/mol. The lowest BCUT2D eigenvalue weighted by molar-refractivity contribution is -0.685. The lowest BCUT2D eigenvalue weighted by Crippen LogP contribution is -3.00. The Labute approximate surface area is 144 Å². The molecule has 0 spiro atoms. The zero-order valence-electron chi connectivity index (χ0n) is 13.6. The van der Waals surface area contributed by atoms with Gasteiger partial charge in [0.1, 0.15) is 0 Å². The predicted octanol–water partition coefficient (Wildman–Crippen LogP) is 0.236. The van der Waals surface area contributed by atoms with Crippen molar-refractivity contribution in [2.75, 3.05) is 0 Å². The molecule has 2 nitrogen and oxygen atoms in total. The molecule has 120 valence electrons. The Kier molecular flexibility index (Phi) is 4.46. The fourth-order valence-corrected chi connectivity index (χ4v) is 5.57. The zero-order chi connectivity index (χ0) is 14.6. The summed E-state index contributed by atoms with van der Waals surface area (Å²) in [5.41, 5.74) is 2.57. The Balaban J connectivity index is 0.00000144. The average Bonchev–Trinajstić information content (AvgIpc) is 2.41. The molecule has 1 heterocycles. The quantitative estimate of drug-likeness (QED) is 0.704. The summed E-state index contributed by atoms with van der Waals surface area (Å²) in [7, 11) is 0. The Morgan fingerprint density at radius 1 is 1.05 bits per heavy atom. The van der Waals surface area contributed by atoms with Crippen LogP contribution in [0, 0.1) is 43.4 Å². The molecular weight excluding hydrogens is 338 g/mol. The summed E-state index contributed by atoms with van der Waals surface area (Å²) in [5.74, 6) is 4.18. The van der Waals surface area contributed by atoms with Crippen molar-refractivity contribution in [3.8, 4) is 0 Å². The van der Waals surface area contributed by atoms with E-state index < -0.39 is 0 Å². The van der Waals surface area contributed by atoms with Gasteiger partial charge in [0.15, 0.2) is 12.4 Å². The van der Waals surface area contributed by atoms with E-state index in [-0.39, 0.29) is 17.0 Å². The van der Waals surface area contributed by atoms with Gasteiger partial charge in [0.25, 0.3) is 0 Å². The summed E-state index contributed by atoms with van der Waals surface area (Å²) in [4.78, 5) is 12.9. The molecule has 4 fully saturated rings. The summed E-state index contributed by atoms with van der Waals surface area (Å²) in [6.45, 7) is 4.83. The minimum absolute atomic E-state index is 0. The predicted molar refractivity (Wildman–Crippen MR) is 81.7 cm³/mol. The van der Waals surface area contributed by atoms with Crippen LogP contribution in [0.25, 0.3) is 0 Å². The fourth-order valence-electron chi connectivity index (χ4n) is 5.57. The van der Waals surface area contributed by atoms with Crippen LogP contribution in [0.5, 0.6) is 0 Å². The van der Waals surface area contributed by atoms with E-state index in [1.165, 1.54) is 43.2 Å². The number of aromatic nitrogens is 1. The second-order valence-corrected chi connectivity index (χ2v) is 7.91. The van der Waals surface area contributed by atoms with Crippen LogP contribution in [0.15, 0.2) is 18.5 Å². The molecule has 0 radical (unpaired) electrons. The Bertz CT molecular complexity index is 555. The first-order valence-corrected chi connectivity index (χ1v) is 8.59. The first kappa shape index (κ1) is 16.2. The molecule has 0 unspecified atom stereocenters. The molecule has 0 saturated heterocycles. The number of hydrogen-bond donors (Lipinski definition) is 0. The van der Waals surface area contributed by atoms with Crippen molar-refractivity contribution in [1.29, 1.82) is 0 Å². The van der Waals surface area contributed by atoms with Crippen molar-refractivity contribution in [1.82, 2.24) is 0 Å². The van der Waals surface area contributed by atoms with Crippen LogP contribution in [0.2, 0.25) is 0 Å². The van der Waals surface area contributed by atoms with Gasteiger partial charge in [0, 0.05) is 17.5 Å². The lowest BCUT2D eigenvalue weighted by atomic mass is 9.51. The van der Waals surface area contributed by atoms with Crippen LogP contribution in [-0.2, 0) is 11.3 Å². The number of carbonyl (C=O) groups is 1. The smallest absolute Gasteiger partial charge is 0.206 e. The largest absolute Gasteiger partial charge is 1.00 e. The molecule has 22 heavy (non-hydrogen) atoms. The van der Waals surface area contributed by atoms with E-state index in [9.17, 15) is 4.79 Å². The first-order chi connectivity index (χ1) is 10.1. The molecule has 4 bridgehead atoms. The van der Waals surface area contributed by atoms with E-state index >= 15 is 0 Å². The van der Waals surface area contributed by atoms with Gasteiger partial charge in [-0.25, -0.2) is 0 Å². The van der Waals surface area contributed by atoms with Gasteiger partial charge >= 0.3 is 0 Å². The summed E-state index contributed by atoms with van der Waals surface area (Å²) < 4.78 is 2.09. The van der Waals surface area contributed by atoms with Crippen LogP contribution in [0.1, 0.15) is 43.2 Å². The maximum Gasteiger partial charge on any atom is 0.206 e. The molecule has 4 aliphatic rings. The topological polar surface area (TPSA) is 20.9 Å². The Morgan fingerprint density at radius 2 is 1.64 bits per heavy atom. The first-order valence-electron chi connectivity index (χ1n) is 8.59. The van der Waals surface area contributed by atoms with E-state index in [0.29, 0.717) is 30.1 Å². The molecule has 4 saturated carbocycles. The normalized spacial score (nSPS) is 35.3. The number of carbonyl (C=O) groups excluding carboxylic acids is 1. The van der Waals surface area contributed by atoms with Gasteiger partial charge < -0.3 is 17.0 Å². The second-order valence-electron chi connectivity index (χ2n) is 7.91. The van der Waals surface area contributed by atoms with Gasteiger partial charge in [-0.2, -0.15) is 4.57 Å².